The Hall–Kier alpha value is -1.71. The SMILES string of the molecule is Cc1cc(N)ccc1OCC(=O)NCC(C)C. The molecule has 1 aromatic rings. The van der Waals surface area contributed by atoms with Gasteiger partial charge in [-0.25, -0.2) is 0 Å². The lowest BCUT2D eigenvalue weighted by Gasteiger charge is -2.11. The molecule has 0 aliphatic heterocycles. The average molecular weight is 236 g/mol. The smallest absolute Gasteiger partial charge is 0.257 e. The van der Waals surface area contributed by atoms with Crippen molar-refractivity contribution in [2.24, 2.45) is 5.92 Å². The molecule has 0 spiro atoms. The summed E-state index contributed by atoms with van der Waals surface area (Å²) < 4.78 is 5.42. The van der Waals surface area contributed by atoms with E-state index in [1.54, 1.807) is 12.1 Å². The minimum atomic E-state index is -0.102. The van der Waals surface area contributed by atoms with Gasteiger partial charge >= 0.3 is 0 Å². The van der Waals surface area contributed by atoms with Gasteiger partial charge in [0.15, 0.2) is 6.61 Å². The van der Waals surface area contributed by atoms with E-state index in [2.05, 4.69) is 5.32 Å². The highest BCUT2D eigenvalue weighted by Gasteiger charge is 2.05. The monoisotopic (exact) mass is 236 g/mol. The Morgan fingerprint density at radius 1 is 1.47 bits per heavy atom. The number of nitrogens with two attached hydrogens (primary N) is 1. The summed E-state index contributed by atoms with van der Waals surface area (Å²) in [6.45, 7) is 6.70. The largest absolute Gasteiger partial charge is 0.484 e. The van der Waals surface area contributed by atoms with Crippen LogP contribution in [0.15, 0.2) is 18.2 Å². The normalized spacial score (nSPS) is 10.4. The molecule has 0 bridgehead atoms. The number of ether oxygens (including phenoxy) is 1. The molecule has 0 saturated heterocycles. The molecule has 4 nitrogen and oxygen atoms in total. The van der Waals surface area contributed by atoms with Gasteiger partial charge in [0.25, 0.3) is 5.91 Å². The summed E-state index contributed by atoms with van der Waals surface area (Å²) in [4.78, 5) is 11.4. The molecule has 4 heteroatoms. The predicted molar refractivity (Wildman–Crippen MR) is 68.9 cm³/mol. The van der Waals surface area contributed by atoms with Gasteiger partial charge in [-0.1, -0.05) is 13.8 Å². The zero-order chi connectivity index (χ0) is 12.8. The number of carbonyl (C=O) groups is 1. The summed E-state index contributed by atoms with van der Waals surface area (Å²) in [5, 5.41) is 2.79. The lowest BCUT2D eigenvalue weighted by molar-refractivity contribution is -0.123. The Balaban J connectivity index is 2.42. The number of hydrogen-bond acceptors (Lipinski definition) is 3. The molecule has 1 aromatic carbocycles. The van der Waals surface area contributed by atoms with Gasteiger partial charge < -0.3 is 15.8 Å². The highest BCUT2D eigenvalue weighted by Crippen LogP contribution is 2.19. The molecular formula is C13H20N2O2. The van der Waals surface area contributed by atoms with Crippen LogP contribution in [0.3, 0.4) is 0 Å². The van der Waals surface area contributed by atoms with Crippen molar-refractivity contribution in [3.63, 3.8) is 0 Å². The van der Waals surface area contributed by atoms with E-state index >= 15 is 0 Å². The number of carbonyl (C=O) groups excluding carboxylic acids is 1. The summed E-state index contributed by atoms with van der Waals surface area (Å²) in [7, 11) is 0. The summed E-state index contributed by atoms with van der Waals surface area (Å²) in [5.41, 5.74) is 7.26. The third-order valence-electron chi connectivity index (χ3n) is 2.27. The fourth-order valence-corrected chi connectivity index (χ4v) is 1.35. The second-order valence-corrected chi connectivity index (χ2v) is 4.51. The molecule has 0 unspecified atom stereocenters. The molecule has 0 fully saturated rings. The molecule has 0 saturated carbocycles. The first-order valence-corrected chi connectivity index (χ1v) is 5.74. The Morgan fingerprint density at radius 3 is 2.76 bits per heavy atom. The number of rotatable bonds is 5. The highest BCUT2D eigenvalue weighted by atomic mass is 16.5. The summed E-state index contributed by atoms with van der Waals surface area (Å²) in [5.74, 6) is 1.03. The number of amides is 1. The lowest BCUT2D eigenvalue weighted by Crippen LogP contribution is -2.31. The average Bonchev–Trinajstić information content (AvgIpc) is 2.25. The van der Waals surface area contributed by atoms with Crippen molar-refractivity contribution in [2.75, 3.05) is 18.9 Å². The first kappa shape index (κ1) is 13.4. The van der Waals surface area contributed by atoms with Crippen molar-refractivity contribution < 1.29 is 9.53 Å². The van der Waals surface area contributed by atoms with Gasteiger partial charge in [0.05, 0.1) is 0 Å². The van der Waals surface area contributed by atoms with E-state index in [0.29, 0.717) is 23.9 Å². The first-order valence-electron chi connectivity index (χ1n) is 5.74. The van der Waals surface area contributed by atoms with Gasteiger partial charge in [0, 0.05) is 12.2 Å². The van der Waals surface area contributed by atoms with Crippen molar-refractivity contribution in [1.82, 2.24) is 5.32 Å². The number of aryl methyl sites for hydroxylation is 1. The molecule has 0 aromatic heterocycles. The highest BCUT2D eigenvalue weighted by molar-refractivity contribution is 5.77. The summed E-state index contributed by atoms with van der Waals surface area (Å²) >= 11 is 0. The summed E-state index contributed by atoms with van der Waals surface area (Å²) in [6.07, 6.45) is 0. The standard InChI is InChI=1S/C13H20N2O2/c1-9(2)7-15-13(16)8-17-12-5-4-11(14)6-10(12)3/h4-6,9H,7-8,14H2,1-3H3,(H,15,16). The minimum absolute atomic E-state index is 0.0392. The van der Waals surface area contributed by atoms with Gasteiger partial charge in [-0.2, -0.15) is 0 Å². The van der Waals surface area contributed by atoms with E-state index in [1.807, 2.05) is 26.8 Å². The Morgan fingerprint density at radius 2 is 2.18 bits per heavy atom. The van der Waals surface area contributed by atoms with Crippen LogP contribution < -0.4 is 15.8 Å². The molecule has 0 radical (unpaired) electrons. The molecule has 17 heavy (non-hydrogen) atoms. The third kappa shape index (κ3) is 4.76. The summed E-state index contributed by atoms with van der Waals surface area (Å²) in [6, 6.07) is 5.36. The zero-order valence-electron chi connectivity index (χ0n) is 10.6. The number of hydrogen-bond donors (Lipinski definition) is 2. The molecule has 94 valence electrons. The van der Waals surface area contributed by atoms with Gasteiger partial charge in [-0.15, -0.1) is 0 Å². The Bertz CT molecular complexity index is 389. The van der Waals surface area contributed by atoms with Gasteiger partial charge in [0.2, 0.25) is 0 Å². The number of anilines is 1. The molecule has 1 rings (SSSR count). The topological polar surface area (TPSA) is 64.3 Å². The fraction of sp³-hybridized carbons (Fsp3) is 0.462. The quantitative estimate of drug-likeness (QED) is 0.765. The maximum absolute atomic E-state index is 11.4. The molecule has 3 N–H and O–H groups in total. The molecule has 0 aliphatic rings. The predicted octanol–water partition coefficient (Wildman–Crippen LogP) is 1.73. The number of nitrogens with one attached hydrogen (secondary N) is 1. The van der Waals surface area contributed by atoms with Crippen LogP contribution in [0.25, 0.3) is 0 Å². The Labute approximate surface area is 102 Å². The van der Waals surface area contributed by atoms with E-state index in [9.17, 15) is 4.79 Å². The number of benzene rings is 1. The minimum Gasteiger partial charge on any atom is -0.484 e. The van der Waals surface area contributed by atoms with Crippen LogP contribution in [0, 0.1) is 12.8 Å². The van der Waals surface area contributed by atoms with Gasteiger partial charge in [0.1, 0.15) is 5.75 Å². The second kappa shape index (κ2) is 6.13. The van der Waals surface area contributed by atoms with Crippen LogP contribution in [-0.2, 0) is 4.79 Å². The van der Waals surface area contributed by atoms with Crippen LogP contribution in [-0.4, -0.2) is 19.1 Å². The van der Waals surface area contributed by atoms with Crippen LogP contribution in [0.5, 0.6) is 5.75 Å². The van der Waals surface area contributed by atoms with Crippen molar-refractivity contribution in [2.45, 2.75) is 20.8 Å². The molecular weight excluding hydrogens is 216 g/mol. The van der Waals surface area contributed by atoms with Crippen molar-refractivity contribution in [3.05, 3.63) is 23.8 Å². The van der Waals surface area contributed by atoms with E-state index in [0.717, 1.165) is 5.56 Å². The van der Waals surface area contributed by atoms with Crippen LogP contribution in [0.2, 0.25) is 0 Å². The molecule has 1 amide bonds. The van der Waals surface area contributed by atoms with Gasteiger partial charge in [-0.05, 0) is 36.6 Å². The maximum atomic E-state index is 11.4. The molecule has 0 heterocycles. The van der Waals surface area contributed by atoms with E-state index in [-0.39, 0.29) is 12.5 Å². The van der Waals surface area contributed by atoms with Gasteiger partial charge in [-0.3, -0.25) is 4.79 Å². The molecule has 0 aliphatic carbocycles. The zero-order valence-corrected chi connectivity index (χ0v) is 10.6. The molecule has 0 atom stereocenters. The maximum Gasteiger partial charge on any atom is 0.257 e. The van der Waals surface area contributed by atoms with Crippen LogP contribution in [0.4, 0.5) is 5.69 Å². The number of nitrogen functional groups attached to an aromatic ring is 1. The van der Waals surface area contributed by atoms with E-state index < -0.39 is 0 Å². The fourth-order valence-electron chi connectivity index (χ4n) is 1.35. The van der Waals surface area contributed by atoms with Crippen molar-refractivity contribution >= 4 is 11.6 Å². The van der Waals surface area contributed by atoms with Crippen molar-refractivity contribution in [1.29, 1.82) is 0 Å². The van der Waals surface area contributed by atoms with Crippen LogP contribution >= 0.6 is 0 Å². The third-order valence-corrected chi connectivity index (χ3v) is 2.27. The van der Waals surface area contributed by atoms with E-state index in [4.69, 9.17) is 10.5 Å². The second-order valence-electron chi connectivity index (χ2n) is 4.51. The first-order chi connectivity index (χ1) is 7.99. The Kier molecular flexibility index (Phi) is 4.82. The van der Waals surface area contributed by atoms with Crippen molar-refractivity contribution in [3.8, 4) is 5.75 Å². The van der Waals surface area contributed by atoms with E-state index in [1.165, 1.54) is 0 Å². The lowest BCUT2D eigenvalue weighted by atomic mass is 10.2. The van der Waals surface area contributed by atoms with Crippen LogP contribution in [0.1, 0.15) is 19.4 Å².